The molecule has 1 heterocycles. The average Bonchev–Trinajstić information content (AvgIpc) is 2.25. The highest BCUT2D eigenvalue weighted by molar-refractivity contribution is 5.82. The topological polar surface area (TPSA) is 25.8 Å². The Bertz CT molecular complexity index is 572. The first-order valence-electron chi connectivity index (χ1n) is 6.46. The van der Waals surface area contributed by atoms with E-state index < -0.39 is 0 Å². The standard InChI is InChI=1S/C16H22N2/c1-15(2,3)12-9-7-8-11-10-17-14(16(4,5)6)18-13(11)12/h7-10H,1-6H3. The van der Waals surface area contributed by atoms with Gasteiger partial charge in [0.25, 0.3) is 0 Å². The second-order valence-electron chi connectivity index (χ2n) is 6.94. The van der Waals surface area contributed by atoms with E-state index in [2.05, 4.69) is 64.7 Å². The van der Waals surface area contributed by atoms with Gasteiger partial charge in [0.2, 0.25) is 0 Å². The fourth-order valence-electron chi connectivity index (χ4n) is 2.02. The van der Waals surface area contributed by atoms with Crippen molar-refractivity contribution in [3.8, 4) is 0 Å². The molecule has 0 saturated carbocycles. The molecule has 0 spiro atoms. The third-order valence-corrected chi connectivity index (χ3v) is 3.09. The Hall–Kier alpha value is -1.44. The highest BCUT2D eigenvalue weighted by Crippen LogP contribution is 2.29. The first-order chi connectivity index (χ1) is 8.19. The SMILES string of the molecule is CC(C)(C)c1ncc2cccc(C(C)(C)C)c2n1. The third kappa shape index (κ3) is 2.38. The molecule has 0 aliphatic carbocycles. The largest absolute Gasteiger partial charge is 0.240 e. The third-order valence-electron chi connectivity index (χ3n) is 3.09. The van der Waals surface area contributed by atoms with Crippen molar-refractivity contribution < 1.29 is 0 Å². The van der Waals surface area contributed by atoms with E-state index in [0.29, 0.717) is 0 Å². The fraction of sp³-hybridized carbons (Fsp3) is 0.500. The first-order valence-corrected chi connectivity index (χ1v) is 6.46. The second-order valence-corrected chi connectivity index (χ2v) is 6.94. The zero-order chi connectivity index (χ0) is 13.6. The maximum absolute atomic E-state index is 4.80. The van der Waals surface area contributed by atoms with Crippen LogP contribution in [0.5, 0.6) is 0 Å². The predicted molar refractivity (Wildman–Crippen MR) is 76.9 cm³/mol. The lowest BCUT2D eigenvalue weighted by Crippen LogP contribution is -2.18. The first kappa shape index (κ1) is 13.0. The number of hydrogen-bond donors (Lipinski definition) is 0. The van der Waals surface area contributed by atoms with Crippen molar-refractivity contribution in [3.63, 3.8) is 0 Å². The zero-order valence-corrected chi connectivity index (χ0v) is 12.2. The van der Waals surface area contributed by atoms with Crippen molar-refractivity contribution in [2.75, 3.05) is 0 Å². The molecule has 0 amide bonds. The van der Waals surface area contributed by atoms with Crippen LogP contribution in [0.25, 0.3) is 10.9 Å². The summed E-state index contributed by atoms with van der Waals surface area (Å²) < 4.78 is 0. The van der Waals surface area contributed by atoms with Gasteiger partial charge in [0, 0.05) is 17.0 Å². The van der Waals surface area contributed by atoms with Gasteiger partial charge < -0.3 is 0 Å². The van der Waals surface area contributed by atoms with Crippen LogP contribution in [0.1, 0.15) is 52.9 Å². The molecular formula is C16H22N2. The van der Waals surface area contributed by atoms with Gasteiger partial charge in [-0.05, 0) is 11.0 Å². The Balaban J connectivity index is 2.74. The smallest absolute Gasteiger partial charge is 0.134 e. The van der Waals surface area contributed by atoms with Crippen LogP contribution in [-0.2, 0) is 10.8 Å². The molecule has 2 nitrogen and oxygen atoms in total. The minimum absolute atomic E-state index is 0.0147. The van der Waals surface area contributed by atoms with Gasteiger partial charge in [-0.25, -0.2) is 9.97 Å². The van der Waals surface area contributed by atoms with E-state index in [4.69, 9.17) is 4.98 Å². The molecule has 0 saturated heterocycles. The van der Waals surface area contributed by atoms with Crippen LogP contribution < -0.4 is 0 Å². The summed E-state index contributed by atoms with van der Waals surface area (Å²) in [6, 6.07) is 6.34. The molecule has 2 aromatic rings. The molecule has 1 aromatic heterocycles. The monoisotopic (exact) mass is 242 g/mol. The summed E-state index contributed by atoms with van der Waals surface area (Å²) in [6.45, 7) is 13.1. The predicted octanol–water partition coefficient (Wildman–Crippen LogP) is 4.22. The molecule has 0 N–H and O–H groups in total. The van der Waals surface area contributed by atoms with Crippen molar-refractivity contribution in [2.45, 2.75) is 52.4 Å². The molecular weight excluding hydrogens is 220 g/mol. The number of para-hydroxylation sites is 1. The van der Waals surface area contributed by atoms with E-state index in [9.17, 15) is 0 Å². The molecule has 2 heteroatoms. The Labute approximate surface area is 109 Å². The van der Waals surface area contributed by atoms with Crippen LogP contribution in [0.3, 0.4) is 0 Å². The minimum Gasteiger partial charge on any atom is -0.240 e. The van der Waals surface area contributed by atoms with Crippen LogP contribution in [0.15, 0.2) is 24.4 Å². The van der Waals surface area contributed by atoms with E-state index in [1.165, 1.54) is 5.56 Å². The van der Waals surface area contributed by atoms with Gasteiger partial charge in [-0.1, -0.05) is 59.7 Å². The summed E-state index contributed by atoms with van der Waals surface area (Å²) in [5.74, 6) is 0.909. The Morgan fingerprint density at radius 2 is 1.56 bits per heavy atom. The number of rotatable bonds is 0. The van der Waals surface area contributed by atoms with E-state index >= 15 is 0 Å². The van der Waals surface area contributed by atoms with Crippen LogP contribution in [0, 0.1) is 0 Å². The fourth-order valence-corrected chi connectivity index (χ4v) is 2.02. The second kappa shape index (κ2) is 4.04. The molecule has 0 aliphatic rings. The zero-order valence-electron chi connectivity index (χ0n) is 12.2. The van der Waals surface area contributed by atoms with Gasteiger partial charge in [0.1, 0.15) is 5.82 Å². The quantitative estimate of drug-likeness (QED) is 0.691. The average molecular weight is 242 g/mol. The summed E-state index contributed by atoms with van der Waals surface area (Å²) in [7, 11) is 0. The lowest BCUT2D eigenvalue weighted by atomic mass is 9.85. The van der Waals surface area contributed by atoms with Gasteiger partial charge in [0.05, 0.1) is 5.52 Å². The highest BCUT2D eigenvalue weighted by atomic mass is 14.9. The van der Waals surface area contributed by atoms with E-state index in [0.717, 1.165) is 16.7 Å². The summed E-state index contributed by atoms with van der Waals surface area (Å²) in [4.78, 5) is 9.29. The normalized spacial score (nSPS) is 13.0. The molecule has 18 heavy (non-hydrogen) atoms. The summed E-state index contributed by atoms with van der Waals surface area (Å²) in [5, 5.41) is 1.12. The van der Waals surface area contributed by atoms with E-state index in [-0.39, 0.29) is 10.8 Å². The maximum Gasteiger partial charge on any atom is 0.134 e. The Kier molecular flexibility index (Phi) is 2.92. The molecule has 1 aromatic carbocycles. The molecule has 0 fully saturated rings. The van der Waals surface area contributed by atoms with Gasteiger partial charge in [-0.15, -0.1) is 0 Å². The minimum atomic E-state index is -0.0147. The number of fused-ring (bicyclic) bond motifs is 1. The van der Waals surface area contributed by atoms with Crippen LogP contribution in [-0.4, -0.2) is 9.97 Å². The van der Waals surface area contributed by atoms with Crippen LogP contribution in [0.2, 0.25) is 0 Å². The van der Waals surface area contributed by atoms with Gasteiger partial charge >= 0.3 is 0 Å². The highest BCUT2D eigenvalue weighted by Gasteiger charge is 2.21. The van der Waals surface area contributed by atoms with E-state index in [1.807, 2.05) is 6.20 Å². The van der Waals surface area contributed by atoms with Crippen molar-refractivity contribution >= 4 is 10.9 Å². The molecule has 0 aliphatic heterocycles. The number of nitrogens with zero attached hydrogens (tertiary/aromatic N) is 2. The maximum atomic E-state index is 4.80. The summed E-state index contributed by atoms with van der Waals surface area (Å²) >= 11 is 0. The number of hydrogen-bond acceptors (Lipinski definition) is 2. The van der Waals surface area contributed by atoms with Crippen LogP contribution >= 0.6 is 0 Å². The number of aromatic nitrogens is 2. The van der Waals surface area contributed by atoms with Gasteiger partial charge in [-0.2, -0.15) is 0 Å². The molecule has 2 rings (SSSR count). The Morgan fingerprint density at radius 3 is 2.11 bits per heavy atom. The molecule has 96 valence electrons. The molecule has 0 atom stereocenters. The van der Waals surface area contributed by atoms with E-state index in [1.54, 1.807) is 0 Å². The Morgan fingerprint density at radius 1 is 0.889 bits per heavy atom. The van der Waals surface area contributed by atoms with Crippen molar-refractivity contribution in [1.82, 2.24) is 9.97 Å². The molecule has 0 radical (unpaired) electrons. The summed E-state index contributed by atoms with van der Waals surface area (Å²) in [5.41, 5.74) is 2.46. The molecule has 0 unspecified atom stereocenters. The van der Waals surface area contributed by atoms with Crippen molar-refractivity contribution in [2.24, 2.45) is 0 Å². The van der Waals surface area contributed by atoms with Crippen molar-refractivity contribution in [3.05, 3.63) is 35.8 Å². The summed E-state index contributed by atoms with van der Waals surface area (Å²) in [6.07, 6.45) is 1.94. The van der Waals surface area contributed by atoms with Crippen LogP contribution in [0.4, 0.5) is 0 Å². The number of benzene rings is 1. The molecule has 0 bridgehead atoms. The van der Waals surface area contributed by atoms with Crippen molar-refractivity contribution in [1.29, 1.82) is 0 Å². The lowest BCUT2D eigenvalue weighted by Gasteiger charge is -2.22. The lowest BCUT2D eigenvalue weighted by molar-refractivity contribution is 0.546. The van der Waals surface area contributed by atoms with Gasteiger partial charge in [-0.3, -0.25) is 0 Å². The van der Waals surface area contributed by atoms with Gasteiger partial charge in [0.15, 0.2) is 0 Å².